The predicted octanol–water partition coefficient (Wildman–Crippen LogP) is 33.1. The fourth-order valence-corrected chi connectivity index (χ4v) is 26.4. The zero-order valence-corrected chi connectivity index (χ0v) is 76.5. The number of nitrogens with zero attached hydrogens (tertiary/aromatic N) is 4. The average Bonchev–Trinajstić information content (AvgIpc) is 1.50. The zero-order valence-electron chi connectivity index (χ0n) is 76.5. The van der Waals surface area contributed by atoms with E-state index in [1.54, 1.807) is 0 Å². The van der Waals surface area contributed by atoms with E-state index in [9.17, 15) is 0 Å². The first-order chi connectivity index (χ1) is 69.9. The molecule has 0 atom stereocenters. The topological polar surface area (TPSA) is 64.7 Å². The minimum atomic E-state index is -0.757. The zero-order chi connectivity index (χ0) is 92.4. The Bertz CT molecular complexity index is 9310. The van der Waals surface area contributed by atoms with E-state index in [4.69, 9.17) is 24.4 Å². The van der Waals surface area contributed by atoms with Gasteiger partial charge in [-0.1, -0.05) is 455 Å². The molecule has 0 fully saturated rings. The molecular weight excluding hydrogens is 1710 g/mol. The summed E-state index contributed by atoms with van der Waals surface area (Å²) in [6.45, 7) is 0. The van der Waals surface area contributed by atoms with E-state index in [2.05, 4.69) is 485 Å². The summed E-state index contributed by atoms with van der Waals surface area (Å²) in [6.07, 6.45) is 0. The highest BCUT2D eigenvalue weighted by Gasteiger charge is 2.62. The van der Waals surface area contributed by atoms with Crippen LogP contribution in [0.5, 0.6) is 0 Å². The monoisotopic (exact) mass is 1790 g/mol. The fraction of sp³-hybridized carbons (Fsp3) is 0.0294. The molecule has 4 spiro atoms. The maximum atomic E-state index is 6.48. The predicted molar refractivity (Wildman–Crippen MR) is 573 cm³/mol. The Kier molecular flexibility index (Phi) is 16.9. The summed E-state index contributed by atoms with van der Waals surface area (Å²) in [7, 11) is 0. The van der Waals surface area contributed by atoms with Gasteiger partial charge in [-0.3, -0.25) is 0 Å². The average molecular weight is 1790 g/mol. The third-order valence-electron chi connectivity index (χ3n) is 31.9. The largest absolute Gasteiger partial charge is 0.456 e. The highest BCUT2D eigenvalue weighted by atomic mass is 16.3. The molecule has 0 amide bonds. The minimum Gasteiger partial charge on any atom is -0.456 e. The molecule has 21 aromatic carbocycles. The molecule has 0 unspecified atom stereocenters. The third-order valence-corrected chi connectivity index (χ3v) is 31.9. The highest BCUT2D eigenvalue weighted by Crippen LogP contribution is 2.72. The molecule has 0 N–H and O–H groups in total. The van der Waals surface area contributed by atoms with E-state index >= 15 is 0 Å². The maximum Gasteiger partial charge on any atom is 0.160 e. The first-order valence-corrected chi connectivity index (χ1v) is 48.9. The molecule has 24 aromatic rings. The van der Waals surface area contributed by atoms with Crippen molar-refractivity contribution in [1.82, 2.24) is 19.9 Å². The van der Waals surface area contributed by atoms with Crippen LogP contribution in [0.2, 0.25) is 0 Å². The number of aromatic nitrogens is 4. The standard InChI is InChI=1S/C136H82N4O/c1-3-32-86(33-4-1)123-81-125(139-132(138-123)92-72-74-105-104-45-15-28-63-127(104)141-128(105)80-92)91-37-29-36-90(78-91)95-48-30-49-106-102-44-13-20-54-112(102)136(130(95)106)118-60-26-24-58-116(118)135(117-59-25-27-61-119(117)136)113-55-21-14-46-107(113)129-94(47-31-62-121(129)135)85-68-66-84(67-69-85)93-75-76-103(97-39-8-7-38-96(93)97)126-82-124(137-131(140-126)88-34-5-2-6-35-88)87-70-64-83(65-71-87)89-73-77-120-122(79-89)134(110-52-18-11-42-100(110)101-43-12-19-53-111(101)134)115-57-23-22-56-114(115)133(120)108-50-16-9-40-98(108)99-41-10-17-51-109(99)133/h1-82H. The first-order valence-electron chi connectivity index (χ1n) is 48.9. The van der Waals surface area contributed by atoms with Crippen LogP contribution >= 0.6 is 0 Å². The van der Waals surface area contributed by atoms with Crippen LogP contribution in [0.25, 0.3) is 190 Å². The lowest BCUT2D eigenvalue weighted by Crippen LogP contribution is -2.44. The van der Waals surface area contributed by atoms with Gasteiger partial charge in [-0.05, 0) is 231 Å². The normalized spacial score (nSPS) is 14.0. The molecular formula is C136H82N4O. The Hall–Kier alpha value is -18.2. The van der Waals surface area contributed by atoms with Gasteiger partial charge in [-0.2, -0.15) is 0 Å². The summed E-state index contributed by atoms with van der Waals surface area (Å²) in [5.74, 6) is 1.29. The fourth-order valence-electron chi connectivity index (χ4n) is 26.4. The molecule has 0 aliphatic heterocycles. The number of fused-ring (bicyclic) bond motifs is 36. The van der Waals surface area contributed by atoms with Crippen molar-refractivity contribution in [3.63, 3.8) is 0 Å². The van der Waals surface area contributed by atoms with Crippen LogP contribution in [0.15, 0.2) is 502 Å². The molecule has 6 aliphatic carbocycles. The SMILES string of the molecule is c1ccc(-c2cc(-c3cccc(-c4cccc5c4C4(c6ccccc6-5)c5ccccc5C5(c6ccccc6-c6c(-c7ccc(-c8ccc(-c9cc(-c%10ccc(-c%11ccc%12c(c%11)C%11(c%13ccccc%13-c%13ccccc%13%11)c%11ccccc%11C%12%11c%12ccccc%12-c%12ccccc%12%11)cc%10)nc(-c%10ccccc%10)n9)c9ccccc89)cc7)cccc65)c5ccccc54)c3)nc(-c3ccc4c(c3)oc3ccccc34)n2)cc1. The van der Waals surface area contributed by atoms with Crippen molar-refractivity contribution in [3.8, 4) is 157 Å². The van der Waals surface area contributed by atoms with Crippen molar-refractivity contribution in [2.75, 3.05) is 0 Å². The minimum absolute atomic E-state index is 0.569. The molecule has 30 rings (SSSR count). The van der Waals surface area contributed by atoms with E-state index in [-0.39, 0.29) is 0 Å². The number of hydrogen-bond acceptors (Lipinski definition) is 5. The summed E-state index contributed by atoms with van der Waals surface area (Å²) in [5, 5.41) is 4.40. The molecule has 3 aromatic heterocycles. The molecule has 6 aliphatic rings. The first kappa shape index (κ1) is 79.1. The summed E-state index contributed by atoms with van der Waals surface area (Å²) < 4.78 is 6.48. The van der Waals surface area contributed by atoms with Gasteiger partial charge in [0.1, 0.15) is 11.2 Å². The van der Waals surface area contributed by atoms with Gasteiger partial charge in [-0.25, -0.2) is 19.9 Å². The number of furan rings is 1. The molecule has 0 radical (unpaired) electrons. The van der Waals surface area contributed by atoms with Crippen molar-refractivity contribution in [3.05, 3.63) is 586 Å². The van der Waals surface area contributed by atoms with Gasteiger partial charge in [0.15, 0.2) is 11.6 Å². The van der Waals surface area contributed by atoms with Crippen molar-refractivity contribution in [1.29, 1.82) is 0 Å². The molecule has 0 saturated heterocycles. The second-order valence-corrected chi connectivity index (χ2v) is 38.5. The van der Waals surface area contributed by atoms with Gasteiger partial charge >= 0.3 is 0 Å². The Labute approximate surface area is 816 Å². The molecule has 141 heavy (non-hydrogen) atoms. The number of rotatable bonds is 10. The quantitative estimate of drug-likeness (QED) is 0.137. The van der Waals surface area contributed by atoms with Crippen LogP contribution in [-0.4, -0.2) is 19.9 Å². The smallest absolute Gasteiger partial charge is 0.160 e. The second-order valence-electron chi connectivity index (χ2n) is 38.5. The molecule has 0 saturated carbocycles. The summed E-state index contributed by atoms with van der Waals surface area (Å²) in [4.78, 5) is 21.8. The number of benzene rings is 21. The van der Waals surface area contributed by atoms with Crippen molar-refractivity contribution >= 4 is 32.7 Å². The van der Waals surface area contributed by atoms with E-state index in [0.717, 1.165) is 122 Å². The Balaban J connectivity index is 0.512. The lowest BCUT2D eigenvalue weighted by atomic mass is 9.52. The molecule has 5 nitrogen and oxygen atoms in total. The molecule has 0 bridgehead atoms. The summed E-state index contributed by atoms with van der Waals surface area (Å²) in [6, 6.07) is 186. The van der Waals surface area contributed by atoms with Crippen LogP contribution in [0.3, 0.4) is 0 Å². The summed E-state index contributed by atoms with van der Waals surface area (Å²) in [5.41, 5.74) is 48.2. The van der Waals surface area contributed by atoms with Gasteiger partial charge in [0.25, 0.3) is 0 Å². The Morgan fingerprint density at radius 1 is 0.142 bits per heavy atom. The number of para-hydroxylation sites is 1. The van der Waals surface area contributed by atoms with Crippen LogP contribution in [0.4, 0.5) is 0 Å². The van der Waals surface area contributed by atoms with Crippen LogP contribution in [-0.2, 0) is 21.7 Å². The molecule has 3 heterocycles. The van der Waals surface area contributed by atoms with Crippen molar-refractivity contribution in [2.24, 2.45) is 0 Å². The highest BCUT2D eigenvalue weighted by molar-refractivity contribution is 6.09. The van der Waals surface area contributed by atoms with E-state index < -0.39 is 21.7 Å². The lowest BCUT2D eigenvalue weighted by Gasteiger charge is -2.49. The van der Waals surface area contributed by atoms with Gasteiger partial charge in [0.2, 0.25) is 0 Å². The van der Waals surface area contributed by atoms with Crippen LogP contribution < -0.4 is 0 Å². The third kappa shape index (κ3) is 10.9. The van der Waals surface area contributed by atoms with Gasteiger partial charge in [-0.15, -0.1) is 0 Å². The van der Waals surface area contributed by atoms with Gasteiger partial charge < -0.3 is 4.42 Å². The lowest BCUT2D eigenvalue weighted by molar-refractivity contribution is 0.633. The Morgan fingerprint density at radius 3 is 1.08 bits per heavy atom. The van der Waals surface area contributed by atoms with E-state index in [1.807, 2.05) is 12.1 Å². The van der Waals surface area contributed by atoms with Gasteiger partial charge in [0.05, 0.1) is 44.4 Å². The summed E-state index contributed by atoms with van der Waals surface area (Å²) >= 11 is 0. The van der Waals surface area contributed by atoms with E-state index in [1.165, 1.54) is 145 Å². The maximum absolute atomic E-state index is 6.48. The van der Waals surface area contributed by atoms with Gasteiger partial charge in [0, 0.05) is 44.2 Å². The van der Waals surface area contributed by atoms with Crippen LogP contribution in [0, 0.1) is 0 Å². The van der Waals surface area contributed by atoms with Crippen molar-refractivity contribution in [2.45, 2.75) is 21.7 Å². The Morgan fingerprint density at radius 2 is 0.482 bits per heavy atom. The molecule has 5 heteroatoms. The van der Waals surface area contributed by atoms with E-state index in [0.29, 0.717) is 11.6 Å². The second kappa shape index (κ2) is 30.2. The molecule has 652 valence electrons. The van der Waals surface area contributed by atoms with Crippen LogP contribution in [0.1, 0.15) is 89.0 Å². The van der Waals surface area contributed by atoms with Crippen molar-refractivity contribution < 1.29 is 4.42 Å². The number of hydrogen-bond donors (Lipinski definition) is 0.